The van der Waals surface area contributed by atoms with Gasteiger partial charge in [0.15, 0.2) is 5.54 Å². The SMILES string of the molecule is Cc1ccccc1C(C[C@]1(NC(=O)OC(C)(C)C)C(=O)N(Cc2ccccc2)c2ccccc21)=C(C#N)C#N. The molecule has 0 fully saturated rings. The van der Waals surface area contributed by atoms with E-state index in [2.05, 4.69) is 5.32 Å². The van der Waals surface area contributed by atoms with E-state index in [9.17, 15) is 20.1 Å². The maximum atomic E-state index is 14.5. The van der Waals surface area contributed by atoms with Crippen molar-refractivity contribution in [2.24, 2.45) is 0 Å². The average Bonchev–Trinajstić information content (AvgIpc) is 3.11. The highest BCUT2D eigenvalue weighted by atomic mass is 16.6. The molecule has 0 bridgehead atoms. The number of carbonyl (C=O) groups excluding carboxylic acids is 2. The van der Waals surface area contributed by atoms with Crippen LogP contribution in [0.2, 0.25) is 0 Å². The molecule has 0 aromatic heterocycles. The number of nitrogens with zero attached hydrogens (tertiary/aromatic N) is 3. The van der Waals surface area contributed by atoms with Crippen LogP contribution in [-0.4, -0.2) is 17.6 Å². The van der Waals surface area contributed by atoms with E-state index in [4.69, 9.17) is 4.74 Å². The van der Waals surface area contributed by atoms with Gasteiger partial charge in [-0.1, -0.05) is 72.8 Å². The molecule has 1 aliphatic heterocycles. The molecule has 0 saturated carbocycles. The smallest absolute Gasteiger partial charge is 0.408 e. The number of amides is 2. The number of rotatable bonds is 6. The summed E-state index contributed by atoms with van der Waals surface area (Å²) in [5, 5.41) is 22.7. The van der Waals surface area contributed by atoms with Crippen molar-refractivity contribution in [1.29, 1.82) is 10.5 Å². The summed E-state index contributed by atoms with van der Waals surface area (Å²) in [5.74, 6) is -0.375. The van der Waals surface area contributed by atoms with E-state index in [1.807, 2.05) is 85.8 Å². The van der Waals surface area contributed by atoms with Crippen molar-refractivity contribution in [2.45, 2.75) is 51.8 Å². The van der Waals surface area contributed by atoms with E-state index < -0.39 is 17.2 Å². The number of carbonyl (C=O) groups is 2. The molecule has 1 heterocycles. The highest BCUT2D eigenvalue weighted by Gasteiger charge is 2.53. The number of fused-ring (bicyclic) bond motifs is 1. The van der Waals surface area contributed by atoms with Crippen LogP contribution < -0.4 is 10.2 Å². The quantitative estimate of drug-likeness (QED) is 0.394. The van der Waals surface area contributed by atoms with E-state index >= 15 is 0 Å². The second-order valence-electron chi connectivity index (χ2n) is 10.5. The van der Waals surface area contributed by atoms with Gasteiger partial charge in [0.05, 0.1) is 12.2 Å². The van der Waals surface area contributed by atoms with E-state index in [0.717, 1.165) is 11.1 Å². The molecule has 7 nitrogen and oxygen atoms in total. The van der Waals surface area contributed by atoms with Gasteiger partial charge in [0, 0.05) is 12.0 Å². The molecule has 0 spiro atoms. The minimum atomic E-state index is -1.62. The van der Waals surface area contributed by atoms with Crippen molar-refractivity contribution in [1.82, 2.24) is 5.32 Å². The van der Waals surface area contributed by atoms with Gasteiger partial charge in [-0.2, -0.15) is 10.5 Å². The molecule has 0 saturated heterocycles. The van der Waals surface area contributed by atoms with Crippen LogP contribution in [0.15, 0.2) is 84.4 Å². The second-order valence-corrected chi connectivity index (χ2v) is 10.5. The molecule has 0 unspecified atom stereocenters. The van der Waals surface area contributed by atoms with Crippen LogP contribution in [0.3, 0.4) is 0 Å². The zero-order valence-corrected chi connectivity index (χ0v) is 22.5. The number of nitrogens with one attached hydrogen (secondary N) is 1. The van der Waals surface area contributed by atoms with Crippen LogP contribution in [0, 0.1) is 29.6 Å². The standard InChI is InChI=1S/C32H30N4O3/c1-22-12-8-9-15-25(22)26(24(19-33)20-34)18-32(35-30(38)39-31(2,3)4)27-16-10-11-17-28(27)36(29(32)37)21-23-13-6-5-7-14-23/h5-17H,18,21H2,1-4H3,(H,35,38)/t32-/m1/s1. The Labute approximate surface area is 228 Å². The molecule has 1 atom stereocenters. The van der Waals surface area contributed by atoms with E-state index in [1.165, 1.54) is 0 Å². The molecule has 196 valence electrons. The van der Waals surface area contributed by atoms with E-state index in [1.54, 1.807) is 37.8 Å². The third kappa shape index (κ3) is 5.54. The number of aryl methyl sites for hydroxylation is 1. The topological polar surface area (TPSA) is 106 Å². The molecule has 0 radical (unpaired) electrons. The van der Waals surface area contributed by atoms with Gasteiger partial charge >= 0.3 is 6.09 Å². The highest BCUT2D eigenvalue weighted by molar-refractivity contribution is 6.10. The molecular weight excluding hydrogens is 488 g/mol. The second kappa shape index (κ2) is 10.8. The maximum Gasteiger partial charge on any atom is 0.408 e. The van der Waals surface area contributed by atoms with Gasteiger partial charge in [-0.15, -0.1) is 0 Å². The predicted octanol–water partition coefficient (Wildman–Crippen LogP) is 6.15. The molecule has 7 heteroatoms. The Kier molecular flexibility index (Phi) is 7.56. The van der Waals surface area contributed by atoms with Crippen LogP contribution in [-0.2, 0) is 21.6 Å². The minimum absolute atomic E-state index is 0.116. The van der Waals surface area contributed by atoms with Crippen molar-refractivity contribution in [3.63, 3.8) is 0 Å². The van der Waals surface area contributed by atoms with Crippen LogP contribution in [0.4, 0.5) is 10.5 Å². The number of benzene rings is 3. The maximum absolute atomic E-state index is 14.5. The lowest BCUT2D eigenvalue weighted by molar-refractivity contribution is -0.124. The molecule has 3 aromatic rings. The van der Waals surface area contributed by atoms with Gasteiger partial charge in [0.2, 0.25) is 0 Å². The Bertz CT molecular complexity index is 1510. The van der Waals surface area contributed by atoms with Crippen molar-refractivity contribution in [3.8, 4) is 12.1 Å². The van der Waals surface area contributed by atoms with Gasteiger partial charge in [-0.05, 0) is 56.0 Å². The summed E-state index contributed by atoms with van der Waals surface area (Å²) in [6, 6.07) is 28.2. The Morgan fingerprint density at radius 2 is 1.56 bits per heavy atom. The fourth-order valence-electron chi connectivity index (χ4n) is 4.92. The number of hydrogen-bond donors (Lipinski definition) is 1. The Morgan fingerprint density at radius 1 is 0.949 bits per heavy atom. The Hall–Kier alpha value is -4.88. The summed E-state index contributed by atoms with van der Waals surface area (Å²) in [6.45, 7) is 7.39. The van der Waals surface area contributed by atoms with E-state index in [-0.39, 0.29) is 24.4 Å². The molecule has 1 aliphatic rings. The molecule has 1 N–H and O–H groups in total. The number of alkyl carbamates (subject to hydrolysis) is 1. The number of hydrogen-bond acceptors (Lipinski definition) is 5. The van der Waals surface area contributed by atoms with Crippen LogP contribution in [0.25, 0.3) is 5.57 Å². The first-order chi connectivity index (χ1) is 18.6. The zero-order valence-electron chi connectivity index (χ0n) is 22.5. The molecule has 2 amide bonds. The number of allylic oxidation sites excluding steroid dienone is 1. The summed E-state index contributed by atoms with van der Waals surface area (Å²) in [4.78, 5) is 29.4. The largest absolute Gasteiger partial charge is 0.444 e. The number of anilines is 1. The fourth-order valence-corrected chi connectivity index (χ4v) is 4.92. The number of ether oxygens (including phenoxy) is 1. The highest BCUT2D eigenvalue weighted by Crippen LogP contribution is 2.47. The summed E-state index contributed by atoms with van der Waals surface area (Å²) >= 11 is 0. The predicted molar refractivity (Wildman–Crippen MR) is 149 cm³/mol. The normalized spacial score (nSPS) is 16.1. The van der Waals surface area contributed by atoms with Gasteiger partial charge in [0.1, 0.15) is 23.3 Å². The molecular formula is C32H30N4O3. The van der Waals surface area contributed by atoms with Gasteiger partial charge < -0.3 is 15.0 Å². The van der Waals surface area contributed by atoms with Crippen LogP contribution >= 0.6 is 0 Å². The molecule has 4 rings (SSSR count). The summed E-state index contributed by atoms with van der Waals surface area (Å²) in [6.07, 6.45) is -0.888. The summed E-state index contributed by atoms with van der Waals surface area (Å²) in [5.41, 5.74) is 1.44. The summed E-state index contributed by atoms with van der Waals surface area (Å²) in [7, 11) is 0. The number of nitriles is 2. The Balaban J connectivity index is 1.93. The monoisotopic (exact) mass is 518 g/mol. The van der Waals surface area contributed by atoms with Crippen LogP contribution in [0.5, 0.6) is 0 Å². The number of para-hydroxylation sites is 1. The zero-order chi connectivity index (χ0) is 28.2. The first-order valence-corrected chi connectivity index (χ1v) is 12.7. The van der Waals surface area contributed by atoms with Crippen molar-refractivity contribution < 1.29 is 14.3 Å². The molecule has 0 aliphatic carbocycles. The lowest BCUT2D eigenvalue weighted by atomic mass is 9.80. The minimum Gasteiger partial charge on any atom is -0.444 e. The first-order valence-electron chi connectivity index (χ1n) is 12.7. The lowest BCUT2D eigenvalue weighted by Crippen LogP contribution is -2.54. The Morgan fingerprint density at radius 3 is 2.21 bits per heavy atom. The van der Waals surface area contributed by atoms with Crippen LogP contribution in [0.1, 0.15) is 49.4 Å². The van der Waals surface area contributed by atoms with E-state index in [0.29, 0.717) is 22.4 Å². The molecule has 3 aromatic carbocycles. The third-order valence-corrected chi connectivity index (χ3v) is 6.60. The van der Waals surface area contributed by atoms with Gasteiger partial charge in [-0.25, -0.2) is 4.79 Å². The van der Waals surface area contributed by atoms with Crippen molar-refractivity contribution in [2.75, 3.05) is 4.90 Å². The van der Waals surface area contributed by atoms with Crippen molar-refractivity contribution >= 4 is 23.3 Å². The molecule has 39 heavy (non-hydrogen) atoms. The first kappa shape index (κ1) is 27.2. The summed E-state index contributed by atoms with van der Waals surface area (Å²) < 4.78 is 5.60. The lowest BCUT2D eigenvalue weighted by Gasteiger charge is -2.32. The van der Waals surface area contributed by atoms with Gasteiger partial charge in [0.25, 0.3) is 5.91 Å². The van der Waals surface area contributed by atoms with Gasteiger partial charge in [-0.3, -0.25) is 4.79 Å². The fraction of sp³-hybridized carbons (Fsp3) is 0.250. The van der Waals surface area contributed by atoms with Crippen molar-refractivity contribution in [3.05, 3.63) is 107 Å². The average molecular weight is 519 g/mol. The third-order valence-electron chi connectivity index (χ3n) is 6.60.